The second-order valence-electron chi connectivity index (χ2n) is 6.17. The number of nitrogens with one attached hydrogen (secondary N) is 2. The van der Waals surface area contributed by atoms with Crippen LogP contribution in [0.2, 0.25) is 5.02 Å². The standard InChI is InChI=1S/C19H22ClN3O2/c20-17-5-3-14(4-6-17)12-22-19(24)23-18(15-7-10-25-11-8-15)16-2-1-9-21-13-16/h1-6,9,13,15,18H,7-8,10-12H2,(H2,22,23,24)/t18-/m1/s1. The molecular formula is C19H22ClN3O2. The SMILES string of the molecule is O=C(NCc1ccc(Cl)cc1)N[C@@H](c1cccnc1)C1CCOCC1. The van der Waals surface area contributed by atoms with Gasteiger partial charge in [-0.3, -0.25) is 4.98 Å². The molecule has 5 nitrogen and oxygen atoms in total. The van der Waals surface area contributed by atoms with Gasteiger partial charge in [0.15, 0.2) is 0 Å². The largest absolute Gasteiger partial charge is 0.381 e. The summed E-state index contributed by atoms with van der Waals surface area (Å²) in [4.78, 5) is 16.6. The van der Waals surface area contributed by atoms with Gasteiger partial charge in [0, 0.05) is 37.2 Å². The van der Waals surface area contributed by atoms with E-state index in [-0.39, 0.29) is 12.1 Å². The Morgan fingerprint density at radius 2 is 2.00 bits per heavy atom. The molecule has 2 amide bonds. The van der Waals surface area contributed by atoms with Gasteiger partial charge >= 0.3 is 6.03 Å². The van der Waals surface area contributed by atoms with Crippen molar-refractivity contribution in [2.45, 2.75) is 25.4 Å². The summed E-state index contributed by atoms with van der Waals surface area (Å²) in [6.07, 6.45) is 5.42. The average molecular weight is 360 g/mol. The maximum Gasteiger partial charge on any atom is 0.315 e. The summed E-state index contributed by atoms with van der Waals surface area (Å²) in [5.74, 6) is 0.347. The number of amides is 2. The van der Waals surface area contributed by atoms with Gasteiger partial charge in [0.05, 0.1) is 6.04 Å². The number of urea groups is 1. The molecule has 6 heteroatoms. The Morgan fingerprint density at radius 3 is 2.68 bits per heavy atom. The lowest BCUT2D eigenvalue weighted by Gasteiger charge is -2.31. The van der Waals surface area contributed by atoms with Crippen LogP contribution >= 0.6 is 11.6 Å². The number of hydrogen-bond acceptors (Lipinski definition) is 3. The van der Waals surface area contributed by atoms with Crippen LogP contribution < -0.4 is 10.6 Å². The van der Waals surface area contributed by atoms with Gasteiger partial charge in [-0.05, 0) is 48.1 Å². The minimum absolute atomic E-state index is 0.0668. The first-order valence-electron chi connectivity index (χ1n) is 8.49. The zero-order chi connectivity index (χ0) is 17.5. The summed E-state index contributed by atoms with van der Waals surface area (Å²) in [6.45, 7) is 1.92. The molecule has 1 aromatic carbocycles. The number of carbonyl (C=O) groups is 1. The van der Waals surface area contributed by atoms with Gasteiger partial charge in [-0.2, -0.15) is 0 Å². The van der Waals surface area contributed by atoms with Crippen LogP contribution in [0.4, 0.5) is 4.79 Å². The quantitative estimate of drug-likeness (QED) is 0.855. The van der Waals surface area contributed by atoms with Crippen LogP contribution in [0.15, 0.2) is 48.8 Å². The van der Waals surface area contributed by atoms with E-state index in [0.29, 0.717) is 17.5 Å². The van der Waals surface area contributed by atoms with Gasteiger partial charge in [-0.25, -0.2) is 4.79 Å². The van der Waals surface area contributed by atoms with Crippen LogP contribution in [0.3, 0.4) is 0 Å². The lowest BCUT2D eigenvalue weighted by atomic mass is 9.88. The van der Waals surface area contributed by atoms with Gasteiger partial charge in [-0.1, -0.05) is 29.8 Å². The van der Waals surface area contributed by atoms with Crippen molar-refractivity contribution in [2.75, 3.05) is 13.2 Å². The lowest BCUT2D eigenvalue weighted by molar-refractivity contribution is 0.0547. The molecule has 0 saturated carbocycles. The summed E-state index contributed by atoms with van der Waals surface area (Å²) in [6, 6.07) is 11.1. The summed E-state index contributed by atoms with van der Waals surface area (Å²) in [5.41, 5.74) is 2.03. The van der Waals surface area contributed by atoms with E-state index in [1.165, 1.54) is 0 Å². The number of pyridine rings is 1. The highest BCUT2D eigenvalue weighted by molar-refractivity contribution is 6.30. The van der Waals surface area contributed by atoms with E-state index in [1.54, 1.807) is 6.20 Å². The van der Waals surface area contributed by atoms with E-state index in [4.69, 9.17) is 16.3 Å². The summed E-state index contributed by atoms with van der Waals surface area (Å²) in [5, 5.41) is 6.71. The smallest absolute Gasteiger partial charge is 0.315 e. The van der Waals surface area contributed by atoms with Gasteiger partial charge in [0.25, 0.3) is 0 Å². The second kappa shape index (κ2) is 8.83. The third kappa shape index (κ3) is 5.18. The molecule has 25 heavy (non-hydrogen) atoms. The maximum absolute atomic E-state index is 12.4. The van der Waals surface area contributed by atoms with Crippen molar-refractivity contribution in [3.8, 4) is 0 Å². The van der Waals surface area contributed by atoms with Gasteiger partial charge in [0.2, 0.25) is 0 Å². The molecule has 1 aromatic heterocycles. The molecule has 0 aliphatic carbocycles. The fourth-order valence-corrected chi connectivity index (χ4v) is 3.19. The zero-order valence-electron chi connectivity index (χ0n) is 14.0. The van der Waals surface area contributed by atoms with Crippen LogP contribution in [-0.4, -0.2) is 24.2 Å². The Balaban J connectivity index is 1.62. The summed E-state index contributed by atoms with van der Waals surface area (Å²) < 4.78 is 5.45. The van der Waals surface area contributed by atoms with Crippen LogP contribution in [0.25, 0.3) is 0 Å². The van der Waals surface area contributed by atoms with Crippen molar-refractivity contribution in [2.24, 2.45) is 5.92 Å². The van der Waals surface area contributed by atoms with Gasteiger partial charge < -0.3 is 15.4 Å². The molecule has 132 valence electrons. The van der Waals surface area contributed by atoms with E-state index >= 15 is 0 Å². The van der Waals surface area contributed by atoms with Crippen molar-refractivity contribution in [3.05, 3.63) is 64.9 Å². The minimum Gasteiger partial charge on any atom is -0.381 e. The third-order valence-electron chi connectivity index (χ3n) is 4.43. The Labute approximate surface area is 152 Å². The molecule has 0 spiro atoms. The molecule has 0 unspecified atom stereocenters. The number of carbonyl (C=O) groups excluding carboxylic acids is 1. The lowest BCUT2D eigenvalue weighted by Crippen LogP contribution is -2.41. The number of hydrogen-bond donors (Lipinski definition) is 2. The van der Waals surface area contributed by atoms with Crippen LogP contribution in [0, 0.1) is 5.92 Å². The minimum atomic E-state index is -0.185. The van der Waals surface area contributed by atoms with Crippen LogP contribution in [0.1, 0.15) is 30.0 Å². The first-order valence-corrected chi connectivity index (χ1v) is 8.86. The van der Waals surface area contributed by atoms with Crippen molar-refractivity contribution >= 4 is 17.6 Å². The number of ether oxygens (including phenoxy) is 1. The van der Waals surface area contributed by atoms with E-state index in [2.05, 4.69) is 15.6 Å². The molecule has 0 radical (unpaired) electrons. The molecule has 2 heterocycles. The molecule has 1 aliphatic rings. The molecule has 2 N–H and O–H groups in total. The Bertz CT molecular complexity index is 673. The topological polar surface area (TPSA) is 63.2 Å². The average Bonchev–Trinajstić information content (AvgIpc) is 2.67. The molecule has 0 bridgehead atoms. The molecule has 1 atom stereocenters. The molecule has 3 rings (SSSR count). The first-order chi connectivity index (χ1) is 12.2. The fraction of sp³-hybridized carbons (Fsp3) is 0.368. The van der Waals surface area contributed by atoms with Gasteiger partial charge in [-0.15, -0.1) is 0 Å². The van der Waals surface area contributed by atoms with E-state index in [1.807, 2.05) is 42.6 Å². The first kappa shape index (κ1) is 17.7. The predicted octanol–water partition coefficient (Wildman–Crippen LogP) is 3.70. The number of benzene rings is 1. The monoisotopic (exact) mass is 359 g/mol. The third-order valence-corrected chi connectivity index (χ3v) is 4.69. The molecule has 1 aliphatic heterocycles. The molecule has 1 saturated heterocycles. The number of nitrogens with zero attached hydrogens (tertiary/aromatic N) is 1. The second-order valence-corrected chi connectivity index (χ2v) is 6.60. The highest BCUT2D eigenvalue weighted by atomic mass is 35.5. The normalized spacial score (nSPS) is 16.2. The Kier molecular flexibility index (Phi) is 6.25. The van der Waals surface area contributed by atoms with Gasteiger partial charge in [0.1, 0.15) is 0 Å². The fourth-order valence-electron chi connectivity index (χ4n) is 3.06. The molecule has 1 fully saturated rings. The summed E-state index contributed by atoms with van der Waals surface area (Å²) >= 11 is 5.88. The van der Waals surface area contributed by atoms with Crippen molar-refractivity contribution in [1.82, 2.24) is 15.6 Å². The van der Waals surface area contributed by atoms with Crippen molar-refractivity contribution in [1.29, 1.82) is 0 Å². The van der Waals surface area contributed by atoms with Crippen LogP contribution in [-0.2, 0) is 11.3 Å². The predicted molar refractivity (Wildman–Crippen MR) is 97.3 cm³/mol. The number of aromatic nitrogens is 1. The van der Waals surface area contributed by atoms with E-state index in [0.717, 1.165) is 37.2 Å². The molecular weight excluding hydrogens is 338 g/mol. The number of rotatable bonds is 5. The zero-order valence-corrected chi connectivity index (χ0v) is 14.7. The highest BCUT2D eigenvalue weighted by Gasteiger charge is 2.27. The Hall–Kier alpha value is -2.11. The highest BCUT2D eigenvalue weighted by Crippen LogP contribution is 2.29. The van der Waals surface area contributed by atoms with Crippen molar-refractivity contribution in [3.63, 3.8) is 0 Å². The maximum atomic E-state index is 12.4. The summed E-state index contributed by atoms with van der Waals surface area (Å²) in [7, 11) is 0. The Morgan fingerprint density at radius 1 is 1.24 bits per heavy atom. The van der Waals surface area contributed by atoms with Crippen molar-refractivity contribution < 1.29 is 9.53 Å². The van der Waals surface area contributed by atoms with Crippen LogP contribution in [0.5, 0.6) is 0 Å². The van der Waals surface area contributed by atoms with E-state index in [9.17, 15) is 4.79 Å². The van der Waals surface area contributed by atoms with E-state index < -0.39 is 0 Å². The number of halogens is 1. The molecule has 2 aromatic rings.